The van der Waals surface area contributed by atoms with Crippen molar-refractivity contribution in [3.05, 3.63) is 154 Å². The maximum atomic E-state index is 14.6. The molecule has 6 heterocycles. The Morgan fingerprint density at radius 2 is 1.07 bits per heavy atom. The second kappa shape index (κ2) is 23.7. The van der Waals surface area contributed by atoms with Crippen LogP contribution < -0.4 is 20.7 Å². The van der Waals surface area contributed by atoms with Gasteiger partial charge >= 0.3 is 19.3 Å². The van der Waals surface area contributed by atoms with Crippen molar-refractivity contribution >= 4 is 29.4 Å². The Kier molecular flexibility index (Phi) is 16.6. The van der Waals surface area contributed by atoms with Crippen LogP contribution in [0.15, 0.2) is 111 Å². The van der Waals surface area contributed by atoms with Gasteiger partial charge in [-0.2, -0.15) is 26.3 Å². The zero-order chi connectivity index (χ0) is 56.8. The Morgan fingerprint density at radius 3 is 1.46 bits per heavy atom. The van der Waals surface area contributed by atoms with Gasteiger partial charge in [-0.1, -0.05) is 54.1 Å². The van der Waals surface area contributed by atoms with Crippen LogP contribution in [0.5, 0.6) is 5.75 Å². The SMILES string of the molecule is COc1cccc(C2(Nc3ncc(-c4nnc(C(F)F)o4)cn3)CC2)c1F.Cc1ccc(C(C)(CO)Nc2ncc(-c3nnc(C(F)F)o3)cn2)cc1C.FC(F)c1nnc(-c2cnc(NC3(c4ccc(Cl)cc4)CCC3)nc2)o1. The number of rotatable bonds is 17. The minimum atomic E-state index is -2.85. The lowest BCUT2D eigenvalue weighted by atomic mass is 9.72. The van der Waals surface area contributed by atoms with Crippen molar-refractivity contribution in [2.45, 2.75) is 88.8 Å². The molecule has 1 atom stereocenters. The number of methoxy groups -OCH3 is 1. The third kappa shape index (κ3) is 12.6. The van der Waals surface area contributed by atoms with Gasteiger partial charge in [-0.3, -0.25) is 0 Å². The van der Waals surface area contributed by atoms with E-state index in [-0.39, 0.29) is 47.5 Å². The standard InChI is InChI=1S/C18H19F2N5O2.C17H14ClF2N5O.C17H14F3N5O2/c1-10-4-5-13(6-11(10)2)18(3,9-26)23-17-21-7-12(8-22-17)15-24-25-16(27-15)14(19)20;18-12-4-2-11(3-5-12)17(6-1-7-17)23-16-21-8-10(9-22-16)14-24-25-15(26-14)13(19)20;1-26-11-4-2-3-10(12(11)18)17(5-6-17)23-16-21-7-9(8-22-16)14-24-25-15(27-14)13(19)20/h4-8,14,26H,9H2,1-3H3,(H,21,22,23);2-5,8-9,13H,1,6-7H2,(H,21,22,23);2-4,7-8,13H,5-6H2,1H3,(H,21,22,23). The van der Waals surface area contributed by atoms with Crippen LogP contribution in [0.4, 0.5) is 48.6 Å². The second-order valence-electron chi connectivity index (χ2n) is 18.6. The highest BCUT2D eigenvalue weighted by molar-refractivity contribution is 6.30. The number of benzene rings is 3. The predicted octanol–water partition coefficient (Wildman–Crippen LogP) is 11.7. The van der Waals surface area contributed by atoms with Crippen LogP contribution in [0.2, 0.25) is 5.02 Å². The minimum Gasteiger partial charge on any atom is -0.494 e. The predicted molar refractivity (Wildman–Crippen MR) is 273 cm³/mol. The van der Waals surface area contributed by atoms with Gasteiger partial charge in [-0.05, 0) is 93.3 Å². The summed E-state index contributed by atoms with van der Waals surface area (Å²) in [6.07, 6.45) is 4.40. The van der Waals surface area contributed by atoms with Gasteiger partial charge in [0.05, 0.1) is 47.0 Å². The van der Waals surface area contributed by atoms with Crippen LogP contribution in [0, 0.1) is 19.7 Å². The number of hydrogen-bond acceptors (Lipinski definition) is 20. The van der Waals surface area contributed by atoms with Crippen molar-refractivity contribution in [3.63, 3.8) is 0 Å². The highest BCUT2D eigenvalue weighted by atomic mass is 35.5. The first-order chi connectivity index (χ1) is 38.4. The number of aliphatic hydroxyl groups excluding tert-OH is 1. The van der Waals surface area contributed by atoms with Crippen LogP contribution in [0.25, 0.3) is 34.4 Å². The molecule has 2 aliphatic carbocycles. The van der Waals surface area contributed by atoms with E-state index in [0.717, 1.165) is 41.5 Å². The summed E-state index contributed by atoms with van der Waals surface area (Å²) in [6, 6.07) is 18.6. The van der Waals surface area contributed by atoms with E-state index in [4.69, 9.17) is 29.6 Å². The molecule has 0 radical (unpaired) electrons. The second-order valence-corrected chi connectivity index (χ2v) is 19.1. The molecule has 0 saturated heterocycles. The summed E-state index contributed by atoms with van der Waals surface area (Å²) in [6.45, 7) is 5.67. The van der Waals surface area contributed by atoms with E-state index >= 15 is 0 Å². The minimum absolute atomic E-state index is 0.0390. The molecule has 4 N–H and O–H groups in total. The first-order valence-corrected chi connectivity index (χ1v) is 24.7. The molecule has 2 saturated carbocycles. The van der Waals surface area contributed by atoms with Crippen LogP contribution in [0.1, 0.15) is 104 Å². The molecule has 80 heavy (non-hydrogen) atoms. The maximum Gasteiger partial charge on any atom is 0.314 e. The molecule has 9 aromatic rings. The van der Waals surface area contributed by atoms with Gasteiger partial charge < -0.3 is 39.0 Å². The molecular weight excluding hydrogens is 1080 g/mol. The normalized spacial score (nSPS) is 14.8. The number of halogens is 8. The highest BCUT2D eigenvalue weighted by Gasteiger charge is 2.47. The lowest BCUT2D eigenvalue weighted by Crippen LogP contribution is -2.42. The van der Waals surface area contributed by atoms with Gasteiger partial charge in [0.15, 0.2) is 11.6 Å². The lowest BCUT2D eigenvalue weighted by molar-refractivity contribution is 0.115. The average Bonchev–Trinajstić information content (AvgIpc) is 3.96. The molecule has 6 aromatic heterocycles. The molecule has 0 bridgehead atoms. The Balaban J connectivity index is 0.000000145. The van der Waals surface area contributed by atoms with E-state index in [1.165, 1.54) is 44.3 Å². The van der Waals surface area contributed by atoms with E-state index in [2.05, 4.69) is 76.4 Å². The number of aliphatic hydroxyl groups is 1. The van der Waals surface area contributed by atoms with Gasteiger partial charge in [-0.25, -0.2) is 34.3 Å². The summed E-state index contributed by atoms with van der Waals surface area (Å²) in [5.74, 6) is -1.75. The van der Waals surface area contributed by atoms with Gasteiger partial charge in [0.1, 0.15) is 0 Å². The zero-order valence-electron chi connectivity index (χ0n) is 42.7. The molecule has 1 unspecified atom stereocenters. The highest BCUT2D eigenvalue weighted by Crippen LogP contribution is 2.50. The monoisotopic (exact) mass is 1130 g/mol. The number of nitrogens with zero attached hydrogens (tertiary/aromatic N) is 12. The van der Waals surface area contributed by atoms with Crippen molar-refractivity contribution in [1.29, 1.82) is 0 Å². The van der Waals surface area contributed by atoms with Gasteiger partial charge in [-0.15, -0.1) is 30.6 Å². The van der Waals surface area contributed by atoms with E-state index in [9.17, 15) is 35.8 Å². The van der Waals surface area contributed by atoms with E-state index in [1.807, 2.05) is 63.2 Å². The quantitative estimate of drug-likeness (QED) is 0.0618. The Bertz CT molecular complexity index is 3520. The third-order valence-electron chi connectivity index (χ3n) is 13.2. The van der Waals surface area contributed by atoms with Crippen molar-refractivity contribution in [2.24, 2.45) is 0 Å². The first kappa shape index (κ1) is 56.0. The van der Waals surface area contributed by atoms with E-state index in [1.54, 1.807) is 18.2 Å². The molecule has 28 heteroatoms. The molecule has 416 valence electrons. The smallest absolute Gasteiger partial charge is 0.314 e. The van der Waals surface area contributed by atoms with Crippen LogP contribution in [0.3, 0.4) is 0 Å². The Morgan fingerprint density at radius 1 is 0.613 bits per heavy atom. The summed E-state index contributed by atoms with van der Waals surface area (Å²) >= 11 is 5.97. The lowest BCUT2D eigenvalue weighted by Gasteiger charge is -2.43. The van der Waals surface area contributed by atoms with Crippen molar-refractivity contribution in [2.75, 3.05) is 29.7 Å². The van der Waals surface area contributed by atoms with Gasteiger partial charge in [0.25, 0.3) is 35.3 Å². The number of aryl methyl sites for hydroxylation is 2. The average molecular weight is 1130 g/mol. The van der Waals surface area contributed by atoms with Crippen LogP contribution in [-0.4, -0.2) is 79.3 Å². The largest absolute Gasteiger partial charge is 0.494 e. The number of hydrogen-bond donors (Lipinski definition) is 4. The molecule has 2 fully saturated rings. The summed E-state index contributed by atoms with van der Waals surface area (Å²) in [5, 5.41) is 40.7. The molecule has 0 spiro atoms. The number of anilines is 3. The molecule has 0 amide bonds. The topological polar surface area (TPSA) is 260 Å². The number of alkyl halides is 6. The van der Waals surface area contributed by atoms with Crippen LogP contribution in [-0.2, 0) is 16.6 Å². The maximum absolute atomic E-state index is 14.6. The molecule has 3 aromatic carbocycles. The fraction of sp³-hybridized carbons (Fsp3) is 0.308. The Labute approximate surface area is 455 Å². The summed E-state index contributed by atoms with van der Waals surface area (Å²) in [4.78, 5) is 25.1. The van der Waals surface area contributed by atoms with Gasteiger partial charge in [0, 0.05) is 47.8 Å². The molecule has 0 aliphatic heterocycles. The van der Waals surface area contributed by atoms with Gasteiger partial charge in [0.2, 0.25) is 17.8 Å². The summed E-state index contributed by atoms with van der Waals surface area (Å²) < 4.78 is 109. The fourth-order valence-electron chi connectivity index (χ4n) is 8.20. The van der Waals surface area contributed by atoms with E-state index < -0.39 is 53.8 Å². The van der Waals surface area contributed by atoms with Crippen LogP contribution >= 0.6 is 11.6 Å². The molecular formula is C52H47ClF7N15O5. The summed E-state index contributed by atoms with van der Waals surface area (Å²) in [7, 11) is 1.41. The number of nitrogens with one attached hydrogen (secondary N) is 3. The molecule has 2 aliphatic rings. The first-order valence-electron chi connectivity index (χ1n) is 24.3. The van der Waals surface area contributed by atoms with Crippen molar-refractivity contribution in [1.82, 2.24) is 60.5 Å². The number of ether oxygens (including phenoxy) is 1. The summed E-state index contributed by atoms with van der Waals surface area (Å²) in [5.41, 5.74) is 4.13. The van der Waals surface area contributed by atoms with Crippen molar-refractivity contribution < 1.29 is 53.8 Å². The van der Waals surface area contributed by atoms with Crippen molar-refractivity contribution in [3.8, 4) is 40.1 Å². The number of aromatic nitrogens is 12. The van der Waals surface area contributed by atoms with E-state index in [0.29, 0.717) is 46.1 Å². The third-order valence-corrected chi connectivity index (χ3v) is 13.4. The zero-order valence-corrected chi connectivity index (χ0v) is 43.4. The molecule has 20 nitrogen and oxygen atoms in total. The Hall–Kier alpha value is -8.72. The fourth-order valence-corrected chi connectivity index (χ4v) is 8.33. The molecule has 11 rings (SSSR count).